The van der Waals surface area contributed by atoms with E-state index in [0.29, 0.717) is 0 Å². The van der Waals surface area contributed by atoms with Gasteiger partial charge in [0.15, 0.2) is 18.9 Å². The van der Waals surface area contributed by atoms with E-state index in [0.717, 1.165) is 44.5 Å². The van der Waals surface area contributed by atoms with Crippen molar-refractivity contribution in [3.05, 3.63) is 287 Å². The molecule has 3 fully saturated rings. The molecule has 3 aliphatic heterocycles. The molecule has 0 unspecified atom stereocenters. The SMILES string of the molecule is C[C@H]1O[C@H](O[C@H]2[C@H](OCc3ccccc3)[C@@H](OCc3ccccc3)[C@@H](O[C@H]3[C@H](OCc4ccccc4)[C@@H](OCc4ccccc4)[C@H](O)O[C@@H]3COCc3ccccc3)O[C@@H]2COCc2ccccc2)[C@H](OCc2ccccc2)[C@@H](OCc2ccccc2)[C@H]1O. The lowest BCUT2D eigenvalue weighted by Gasteiger charge is -2.51. The minimum atomic E-state index is -1.48. The van der Waals surface area contributed by atoms with Gasteiger partial charge in [-0.2, -0.15) is 0 Å². The lowest BCUT2D eigenvalue weighted by molar-refractivity contribution is -0.391. The van der Waals surface area contributed by atoms with E-state index in [1.807, 2.05) is 243 Å². The molecule has 15 heteroatoms. The van der Waals surface area contributed by atoms with Crippen LogP contribution >= 0.6 is 0 Å². The number of benzene rings is 8. The Hall–Kier alpha value is -6.84. The molecule has 0 amide bonds. The van der Waals surface area contributed by atoms with Crippen LogP contribution in [-0.4, -0.2) is 116 Å². The largest absolute Gasteiger partial charge is 0.388 e. The summed E-state index contributed by atoms with van der Waals surface area (Å²) >= 11 is 0. The second-order valence-electron chi connectivity index (χ2n) is 22.6. The van der Waals surface area contributed by atoms with Crippen LogP contribution in [0.5, 0.6) is 0 Å². The zero-order valence-corrected chi connectivity index (χ0v) is 50.0. The van der Waals surface area contributed by atoms with Gasteiger partial charge in [-0.05, 0) is 51.4 Å². The molecule has 3 heterocycles. The van der Waals surface area contributed by atoms with Crippen molar-refractivity contribution < 1.29 is 71.8 Å². The third-order valence-corrected chi connectivity index (χ3v) is 16.0. The van der Waals surface area contributed by atoms with Crippen molar-refractivity contribution in [2.45, 2.75) is 152 Å². The fourth-order valence-corrected chi connectivity index (χ4v) is 11.3. The third-order valence-electron chi connectivity index (χ3n) is 16.0. The molecule has 466 valence electrons. The zero-order chi connectivity index (χ0) is 60.8. The molecule has 0 bridgehead atoms. The molecule has 8 aromatic carbocycles. The van der Waals surface area contributed by atoms with Crippen molar-refractivity contribution in [2.24, 2.45) is 0 Å². The quantitative estimate of drug-likeness (QED) is 0.0437. The van der Waals surface area contributed by atoms with Crippen LogP contribution < -0.4 is 0 Å². The number of ether oxygens (including phenoxy) is 13. The first-order chi connectivity index (χ1) is 43.9. The highest BCUT2D eigenvalue weighted by Gasteiger charge is 2.56. The zero-order valence-electron chi connectivity index (χ0n) is 50.0. The van der Waals surface area contributed by atoms with Crippen molar-refractivity contribution in [1.82, 2.24) is 0 Å². The second-order valence-corrected chi connectivity index (χ2v) is 22.6. The Labute approximate surface area is 521 Å². The van der Waals surface area contributed by atoms with Crippen LogP contribution in [0.15, 0.2) is 243 Å². The van der Waals surface area contributed by atoms with Gasteiger partial charge >= 0.3 is 0 Å². The van der Waals surface area contributed by atoms with E-state index in [4.69, 9.17) is 61.6 Å². The second kappa shape index (κ2) is 33.3. The van der Waals surface area contributed by atoms with E-state index in [9.17, 15) is 10.2 Å². The van der Waals surface area contributed by atoms with Crippen molar-refractivity contribution >= 4 is 0 Å². The van der Waals surface area contributed by atoms with E-state index < -0.39 is 92.1 Å². The highest BCUT2D eigenvalue weighted by Crippen LogP contribution is 2.39. The predicted molar refractivity (Wildman–Crippen MR) is 332 cm³/mol. The van der Waals surface area contributed by atoms with Crippen LogP contribution in [0.1, 0.15) is 51.4 Å². The van der Waals surface area contributed by atoms with Gasteiger partial charge in [-0.15, -0.1) is 0 Å². The maximum absolute atomic E-state index is 12.2. The molecular formula is C74H80O15. The summed E-state index contributed by atoms with van der Waals surface area (Å²) in [6.45, 7) is 3.02. The molecule has 2 N–H and O–H groups in total. The minimum Gasteiger partial charge on any atom is -0.388 e. The molecule has 0 radical (unpaired) electrons. The van der Waals surface area contributed by atoms with Crippen molar-refractivity contribution in [1.29, 1.82) is 0 Å². The smallest absolute Gasteiger partial charge is 0.187 e. The Balaban J connectivity index is 1.00. The lowest BCUT2D eigenvalue weighted by Crippen LogP contribution is -2.67. The van der Waals surface area contributed by atoms with Gasteiger partial charge in [0.25, 0.3) is 0 Å². The fraction of sp³-hybridized carbons (Fsp3) is 0.351. The number of aliphatic hydroxyl groups excluding tert-OH is 2. The summed E-state index contributed by atoms with van der Waals surface area (Å²) in [5.41, 5.74) is 7.23. The Morgan fingerprint density at radius 3 is 0.888 bits per heavy atom. The molecule has 3 saturated heterocycles. The average Bonchev–Trinajstić information content (AvgIpc) is 2.69. The fourth-order valence-electron chi connectivity index (χ4n) is 11.3. The van der Waals surface area contributed by atoms with Gasteiger partial charge in [-0.25, -0.2) is 0 Å². The van der Waals surface area contributed by atoms with Crippen LogP contribution in [-0.2, 0) is 114 Å². The molecule has 15 atom stereocenters. The van der Waals surface area contributed by atoms with Gasteiger partial charge in [-0.3, -0.25) is 0 Å². The Morgan fingerprint density at radius 1 is 0.281 bits per heavy atom. The normalized spacial score (nSPS) is 27.0. The summed E-state index contributed by atoms with van der Waals surface area (Å²) in [6, 6.07) is 78.5. The first-order valence-corrected chi connectivity index (χ1v) is 30.7. The summed E-state index contributed by atoms with van der Waals surface area (Å²) in [7, 11) is 0. The summed E-state index contributed by atoms with van der Waals surface area (Å²) in [4.78, 5) is 0. The van der Waals surface area contributed by atoms with E-state index in [1.54, 1.807) is 6.92 Å². The van der Waals surface area contributed by atoms with Gasteiger partial charge < -0.3 is 71.8 Å². The molecule has 11 rings (SSSR count). The van der Waals surface area contributed by atoms with Crippen LogP contribution in [0.3, 0.4) is 0 Å². The van der Waals surface area contributed by atoms with Gasteiger partial charge in [0, 0.05) is 0 Å². The maximum Gasteiger partial charge on any atom is 0.187 e. The molecule has 3 aliphatic rings. The van der Waals surface area contributed by atoms with Gasteiger partial charge in [0.1, 0.15) is 67.1 Å². The Bertz CT molecular complexity index is 3220. The highest BCUT2D eigenvalue weighted by molar-refractivity contribution is 5.20. The molecule has 15 nitrogen and oxygen atoms in total. The molecule has 0 spiro atoms. The molecule has 89 heavy (non-hydrogen) atoms. The Morgan fingerprint density at radius 2 is 0.539 bits per heavy atom. The van der Waals surface area contributed by atoms with E-state index in [1.165, 1.54) is 0 Å². The van der Waals surface area contributed by atoms with Gasteiger partial charge in [0.05, 0.1) is 72.2 Å². The predicted octanol–water partition coefficient (Wildman–Crippen LogP) is 11.3. The first-order valence-electron chi connectivity index (χ1n) is 30.7. The standard InChI is InChI=1S/C74H80O15/c1-52-63(75)66(79-44-55-30-14-4-15-31-55)70(83-48-59-38-22-8-23-39-59)73(85-52)88-65-62(51-78-43-54-28-12-3-13-29-54)87-74(71(84-49-60-40-24-9-25-41-60)68(65)81-46-57-34-18-6-19-35-57)89-64-61(50-77-42-53-26-10-2-11-27-53)86-72(76)69(82-47-58-36-20-7-21-37-58)67(64)80-45-56-32-16-5-17-33-56/h2-41,52,61-76H,42-51H2,1H3/t52-,61-,62-,63+,64-,65-,66+,67+,68+,69-,70-,71-,72-,73-,74-/m1/s1. The lowest BCUT2D eigenvalue weighted by atomic mass is 9.95. The van der Waals surface area contributed by atoms with E-state index in [2.05, 4.69) is 0 Å². The summed E-state index contributed by atoms with van der Waals surface area (Å²) in [5, 5.41) is 24.3. The summed E-state index contributed by atoms with van der Waals surface area (Å²) in [6.07, 6.45) is -16.0. The van der Waals surface area contributed by atoms with Crippen LogP contribution in [0, 0.1) is 0 Å². The topological polar surface area (TPSA) is 160 Å². The number of rotatable bonds is 30. The third kappa shape index (κ3) is 18.2. The molecule has 0 aromatic heterocycles. The minimum absolute atomic E-state index is 0.0281. The molecule has 0 aliphatic carbocycles. The van der Waals surface area contributed by atoms with Crippen LogP contribution in [0.4, 0.5) is 0 Å². The number of hydrogen-bond donors (Lipinski definition) is 2. The molecule has 8 aromatic rings. The first kappa shape index (κ1) is 63.7. The van der Waals surface area contributed by atoms with Crippen molar-refractivity contribution in [3.63, 3.8) is 0 Å². The molecule has 0 saturated carbocycles. The van der Waals surface area contributed by atoms with Crippen molar-refractivity contribution in [2.75, 3.05) is 13.2 Å². The maximum atomic E-state index is 12.2. The van der Waals surface area contributed by atoms with E-state index >= 15 is 0 Å². The highest BCUT2D eigenvalue weighted by atomic mass is 16.8. The summed E-state index contributed by atoms with van der Waals surface area (Å²) < 4.78 is 90.8. The number of hydrogen-bond acceptors (Lipinski definition) is 15. The monoisotopic (exact) mass is 1210 g/mol. The van der Waals surface area contributed by atoms with Crippen molar-refractivity contribution in [3.8, 4) is 0 Å². The van der Waals surface area contributed by atoms with Gasteiger partial charge in [-0.1, -0.05) is 243 Å². The van der Waals surface area contributed by atoms with E-state index in [-0.39, 0.29) is 66.1 Å². The van der Waals surface area contributed by atoms with Crippen LogP contribution in [0.25, 0.3) is 0 Å². The number of aliphatic hydroxyl groups is 2. The van der Waals surface area contributed by atoms with Gasteiger partial charge in [0.2, 0.25) is 0 Å². The molecular weight excluding hydrogens is 1130 g/mol. The van der Waals surface area contributed by atoms with Crippen LogP contribution in [0.2, 0.25) is 0 Å². The summed E-state index contributed by atoms with van der Waals surface area (Å²) in [5.74, 6) is 0. The Kier molecular flexibility index (Phi) is 23.8. The average molecular weight is 1210 g/mol.